The number of carbonyl (C=O) groups is 4. The van der Waals surface area contributed by atoms with E-state index in [1.807, 2.05) is 0 Å². The van der Waals surface area contributed by atoms with Crippen LogP contribution in [0.15, 0.2) is 18.2 Å². The number of aromatic nitrogens is 1. The number of carbonyl (C=O) groups excluding carboxylic acids is 4. The lowest BCUT2D eigenvalue weighted by Crippen LogP contribution is -2.46. The molecule has 3 amide bonds. The maximum absolute atomic E-state index is 12.3. The first kappa shape index (κ1) is 20.3. The molecule has 1 aliphatic rings. The van der Waals surface area contributed by atoms with Crippen molar-refractivity contribution in [3.8, 4) is 5.88 Å². The number of imide groups is 1. The first-order valence-electron chi connectivity index (χ1n) is 8.60. The highest BCUT2D eigenvalue weighted by molar-refractivity contribution is 6.02. The van der Waals surface area contributed by atoms with Crippen LogP contribution in [0.3, 0.4) is 0 Å². The summed E-state index contributed by atoms with van der Waals surface area (Å²) in [5.74, 6) is -1.95. The van der Waals surface area contributed by atoms with E-state index >= 15 is 0 Å². The summed E-state index contributed by atoms with van der Waals surface area (Å²) >= 11 is 0. The predicted octanol–water partition coefficient (Wildman–Crippen LogP) is 0.727. The Balaban J connectivity index is 1.95. The molecule has 1 saturated heterocycles. The largest absolute Gasteiger partial charge is 0.466 e. The summed E-state index contributed by atoms with van der Waals surface area (Å²) in [7, 11) is 0. The van der Waals surface area contributed by atoms with Gasteiger partial charge in [0.05, 0.1) is 0 Å². The second-order valence-corrected chi connectivity index (χ2v) is 7.07. The van der Waals surface area contributed by atoms with Crippen molar-refractivity contribution in [2.45, 2.75) is 51.7 Å². The number of nitrogens with one attached hydrogen (secondary N) is 2. The Morgan fingerprint density at radius 2 is 2.04 bits per heavy atom. The number of nitrogens with zero attached hydrogens (tertiary/aromatic N) is 1. The monoisotopic (exact) mass is 377 g/mol. The molecule has 1 fully saturated rings. The van der Waals surface area contributed by atoms with Gasteiger partial charge in [-0.2, -0.15) is 0 Å². The third-order valence-electron chi connectivity index (χ3n) is 3.50. The second kappa shape index (κ2) is 8.61. The SMILES string of the molecule is CC(C)(C)OC(=O)COc1cccc(C(=O)NC2CCCC(=O)NC2=O)n1. The van der Waals surface area contributed by atoms with Crippen LogP contribution < -0.4 is 15.4 Å². The summed E-state index contributed by atoms with van der Waals surface area (Å²) in [4.78, 5) is 51.3. The number of pyridine rings is 1. The average molecular weight is 377 g/mol. The van der Waals surface area contributed by atoms with Gasteiger partial charge in [0.1, 0.15) is 17.3 Å². The molecule has 0 bridgehead atoms. The minimum absolute atomic E-state index is 0.0278. The van der Waals surface area contributed by atoms with E-state index in [0.717, 1.165) is 0 Å². The van der Waals surface area contributed by atoms with Gasteiger partial charge in [-0.25, -0.2) is 9.78 Å². The highest BCUT2D eigenvalue weighted by Gasteiger charge is 2.26. The predicted molar refractivity (Wildman–Crippen MR) is 93.8 cm³/mol. The van der Waals surface area contributed by atoms with Crippen LogP contribution in [0.1, 0.15) is 50.5 Å². The highest BCUT2D eigenvalue weighted by Crippen LogP contribution is 2.11. The zero-order chi connectivity index (χ0) is 20.0. The van der Waals surface area contributed by atoms with Crippen molar-refractivity contribution in [2.75, 3.05) is 6.61 Å². The van der Waals surface area contributed by atoms with E-state index in [0.29, 0.717) is 12.8 Å². The van der Waals surface area contributed by atoms with Gasteiger partial charge in [-0.15, -0.1) is 0 Å². The Bertz CT molecular complexity index is 741. The third kappa shape index (κ3) is 6.69. The molecule has 2 heterocycles. The average Bonchev–Trinajstić information content (AvgIpc) is 2.72. The molecule has 0 saturated carbocycles. The van der Waals surface area contributed by atoms with Crippen molar-refractivity contribution in [1.82, 2.24) is 15.6 Å². The van der Waals surface area contributed by atoms with Crippen molar-refractivity contribution < 1.29 is 28.7 Å². The molecule has 1 aromatic heterocycles. The van der Waals surface area contributed by atoms with Gasteiger partial charge in [-0.3, -0.25) is 19.7 Å². The van der Waals surface area contributed by atoms with Crippen LogP contribution in [0.5, 0.6) is 5.88 Å². The standard InChI is InChI=1S/C18H23N3O6/c1-18(2,3)27-15(23)10-26-14-9-5-7-11(19-14)16(24)20-12-6-4-8-13(22)21-17(12)25/h5,7,9,12H,4,6,8,10H2,1-3H3,(H,20,24)(H,21,22,25). The molecule has 9 heteroatoms. The highest BCUT2D eigenvalue weighted by atomic mass is 16.6. The molecular weight excluding hydrogens is 354 g/mol. The molecule has 0 aliphatic carbocycles. The lowest BCUT2D eigenvalue weighted by molar-refractivity contribution is -0.157. The smallest absolute Gasteiger partial charge is 0.344 e. The second-order valence-electron chi connectivity index (χ2n) is 7.07. The molecule has 2 N–H and O–H groups in total. The Labute approximate surface area is 156 Å². The van der Waals surface area contributed by atoms with Crippen molar-refractivity contribution >= 4 is 23.7 Å². The maximum atomic E-state index is 12.3. The summed E-state index contributed by atoms with van der Waals surface area (Å²) in [6.07, 6.45) is 1.09. The van der Waals surface area contributed by atoms with E-state index in [2.05, 4.69) is 15.6 Å². The summed E-state index contributed by atoms with van der Waals surface area (Å²) in [5, 5.41) is 4.78. The lowest BCUT2D eigenvalue weighted by atomic mass is 10.1. The molecule has 0 spiro atoms. The fraction of sp³-hybridized carbons (Fsp3) is 0.500. The number of ether oxygens (including phenoxy) is 2. The minimum Gasteiger partial charge on any atom is -0.466 e. The van der Waals surface area contributed by atoms with Crippen LogP contribution in [-0.4, -0.2) is 46.9 Å². The zero-order valence-electron chi connectivity index (χ0n) is 15.5. The molecule has 2 rings (SSSR count). The first-order valence-corrected chi connectivity index (χ1v) is 8.60. The molecule has 1 atom stereocenters. The van der Waals surface area contributed by atoms with Crippen LogP contribution in [0.25, 0.3) is 0 Å². The van der Waals surface area contributed by atoms with Gasteiger partial charge in [0.25, 0.3) is 5.91 Å². The molecular formula is C18H23N3O6. The van der Waals surface area contributed by atoms with Crippen LogP contribution in [-0.2, 0) is 19.1 Å². The van der Waals surface area contributed by atoms with Crippen LogP contribution in [0, 0.1) is 0 Å². The molecule has 146 valence electrons. The quantitative estimate of drug-likeness (QED) is 0.572. The number of hydrogen-bond donors (Lipinski definition) is 2. The van der Waals surface area contributed by atoms with Crippen molar-refractivity contribution in [2.24, 2.45) is 0 Å². The zero-order valence-corrected chi connectivity index (χ0v) is 15.5. The van der Waals surface area contributed by atoms with Gasteiger partial charge >= 0.3 is 5.97 Å². The van der Waals surface area contributed by atoms with E-state index in [4.69, 9.17) is 9.47 Å². The van der Waals surface area contributed by atoms with E-state index in [1.165, 1.54) is 12.1 Å². The topological polar surface area (TPSA) is 124 Å². The number of esters is 1. The van der Waals surface area contributed by atoms with Gasteiger partial charge in [-0.05, 0) is 39.7 Å². The Morgan fingerprint density at radius 3 is 2.74 bits per heavy atom. The van der Waals surface area contributed by atoms with Crippen molar-refractivity contribution in [1.29, 1.82) is 0 Å². The molecule has 0 aromatic carbocycles. The number of hydrogen-bond acceptors (Lipinski definition) is 7. The molecule has 27 heavy (non-hydrogen) atoms. The lowest BCUT2D eigenvalue weighted by Gasteiger charge is -2.19. The van der Waals surface area contributed by atoms with Crippen molar-refractivity contribution in [3.05, 3.63) is 23.9 Å². The van der Waals surface area contributed by atoms with E-state index < -0.39 is 29.4 Å². The molecule has 9 nitrogen and oxygen atoms in total. The van der Waals surface area contributed by atoms with Gasteiger partial charge in [0, 0.05) is 12.5 Å². The number of amides is 3. The molecule has 0 radical (unpaired) electrons. The fourth-order valence-corrected chi connectivity index (χ4v) is 2.38. The summed E-state index contributed by atoms with van der Waals surface area (Å²) in [6, 6.07) is 3.69. The third-order valence-corrected chi connectivity index (χ3v) is 3.50. The Kier molecular flexibility index (Phi) is 6.49. The van der Waals surface area contributed by atoms with Crippen molar-refractivity contribution in [3.63, 3.8) is 0 Å². The molecule has 1 aromatic rings. The number of rotatable bonds is 5. The Morgan fingerprint density at radius 1 is 1.30 bits per heavy atom. The van der Waals surface area contributed by atoms with Gasteiger partial charge in [-0.1, -0.05) is 6.07 Å². The van der Waals surface area contributed by atoms with Crippen LogP contribution in [0.2, 0.25) is 0 Å². The first-order chi connectivity index (χ1) is 12.6. The van der Waals surface area contributed by atoms with E-state index in [-0.39, 0.29) is 30.5 Å². The van der Waals surface area contributed by atoms with Crippen LogP contribution >= 0.6 is 0 Å². The summed E-state index contributed by atoms with van der Waals surface area (Å²) < 4.78 is 10.4. The van der Waals surface area contributed by atoms with Crippen LogP contribution in [0.4, 0.5) is 0 Å². The van der Waals surface area contributed by atoms with E-state index in [1.54, 1.807) is 26.8 Å². The van der Waals surface area contributed by atoms with Gasteiger partial charge < -0.3 is 14.8 Å². The molecule has 1 aliphatic heterocycles. The molecule has 1 unspecified atom stereocenters. The maximum Gasteiger partial charge on any atom is 0.344 e. The fourth-order valence-electron chi connectivity index (χ4n) is 2.38. The van der Waals surface area contributed by atoms with Gasteiger partial charge in [0.15, 0.2) is 6.61 Å². The normalized spacial score (nSPS) is 17.5. The summed E-state index contributed by atoms with van der Waals surface area (Å²) in [5.41, 5.74) is -0.601. The summed E-state index contributed by atoms with van der Waals surface area (Å²) in [6.45, 7) is 4.88. The van der Waals surface area contributed by atoms with E-state index in [9.17, 15) is 19.2 Å². The minimum atomic E-state index is -0.808. The van der Waals surface area contributed by atoms with Gasteiger partial charge in [0.2, 0.25) is 17.7 Å². The Hall–Kier alpha value is -2.97.